The van der Waals surface area contributed by atoms with E-state index < -0.39 is 0 Å². The molecule has 1 aliphatic carbocycles. The minimum Gasteiger partial charge on any atom is -0.355 e. The quantitative estimate of drug-likeness (QED) is 0.840. The Balaban J connectivity index is 1.95. The predicted molar refractivity (Wildman–Crippen MR) is 69.0 cm³/mol. The molecule has 17 heavy (non-hydrogen) atoms. The number of hydrogen-bond acceptors (Lipinski definition) is 2. The first-order chi connectivity index (χ1) is 8.16. The van der Waals surface area contributed by atoms with Gasteiger partial charge in [-0.1, -0.05) is 23.7 Å². The summed E-state index contributed by atoms with van der Waals surface area (Å²) in [7, 11) is 0. The van der Waals surface area contributed by atoms with E-state index in [9.17, 15) is 4.79 Å². The molecule has 0 spiro atoms. The molecule has 0 saturated heterocycles. The fourth-order valence-corrected chi connectivity index (χ4v) is 2.14. The molecule has 1 aromatic carbocycles. The smallest absolute Gasteiger partial charge is 0.221 e. The highest BCUT2D eigenvalue weighted by Crippen LogP contribution is 2.47. The van der Waals surface area contributed by atoms with Gasteiger partial charge in [-0.2, -0.15) is 0 Å². The van der Waals surface area contributed by atoms with Gasteiger partial charge in [0.25, 0.3) is 0 Å². The van der Waals surface area contributed by atoms with Crippen molar-refractivity contribution in [3.63, 3.8) is 0 Å². The molecule has 3 N–H and O–H groups in total. The normalized spacial score (nSPS) is 16.6. The molecular weight excluding hydrogens is 236 g/mol. The van der Waals surface area contributed by atoms with E-state index in [1.807, 2.05) is 24.3 Å². The van der Waals surface area contributed by atoms with Gasteiger partial charge in [0.2, 0.25) is 5.91 Å². The average Bonchev–Trinajstić information content (AvgIpc) is 3.09. The molecule has 0 radical (unpaired) electrons. The van der Waals surface area contributed by atoms with Gasteiger partial charge in [-0.25, -0.2) is 0 Å². The molecule has 0 aromatic heterocycles. The van der Waals surface area contributed by atoms with Gasteiger partial charge in [0, 0.05) is 29.9 Å². The highest BCUT2D eigenvalue weighted by molar-refractivity contribution is 6.30. The van der Waals surface area contributed by atoms with Crippen LogP contribution in [-0.4, -0.2) is 19.0 Å². The lowest BCUT2D eigenvalue weighted by molar-refractivity contribution is -0.121. The number of nitrogens with two attached hydrogens (primary N) is 1. The fourth-order valence-electron chi connectivity index (χ4n) is 2.01. The van der Waals surface area contributed by atoms with Crippen molar-refractivity contribution in [2.24, 2.45) is 5.73 Å². The minimum absolute atomic E-state index is 0.0349. The maximum Gasteiger partial charge on any atom is 0.221 e. The molecular formula is C13H17ClN2O. The highest BCUT2D eigenvalue weighted by atomic mass is 35.5. The van der Waals surface area contributed by atoms with E-state index in [0.717, 1.165) is 17.9 Å². The molecule has 1 fully saturated rings. The third-order valence-corrected chi connectivity index (χ3v) is 3.56. The van der Waals surface area contributed by atoms with E-state index in [1.54, 1.807) is 0 Å². The van der Waals surface area contributed by atoms with E-state index in [1.165, 1.54) is 5.56 Å². The van der Waals surface area contributed by atoms with Crippen LogP contribution in [0.3, 0.4) is 0 Å². The molecule has 3 nitrogen and oxygen atoms in total. The average molecular weight is 253 g/mol. The first kappa shape index (κ1) is 12.4. The van der Waals surface area contributed by atoms with E-state index in [4.69, 9.17) is 17.3 Å². The molecule has 1 aliphatic rings. The van der Waals surface area contributed by atoms with Crippen molar-refractivity contribution in [3.05, 3.63) is 34.9 Å². The topological polar surface area (TPSA) is 55.1 Å². The van der Waals surface area contributed by atoms with Gasteiger partial charge < -0.3 is 11.1 Å². The van der Waals surface area contributed by atoms with Gasteiger partial charge >= 0.3 is 0 Å². The van der Waals surface area contributed by atoms with Crippen molar-refractivity contribution >= 4 is 17.5 Å². The fraction of sp³-hybridized carbons (Fsp3) is 0.462. The monoisotopic (exact) mass is 252 g/mol. The lowest BCUT2D eigenvalue weighted by atomic mass is 9.96. The first-order valence-corrected chi connectivity index (χ1v) is 6.27. The van der Waals surface area contributed by atoms with Crippen LogP contribution >= 0.6 is 11.6 Å². The Labute approximate surface area is 106 Å². The Morgan fingerprint density at radius 3 is 2.53 bits per heavy atom. The summed E-state index contributed by atoms with van der Waals surface area (Å²) in [5, 5.41) is 3.69. The van der Waals surface area contributed by atoms with Crippen molar-refractivity contribution in [1.82, 2.24) is 5.32 Å². The summed E-state index contributed by atoms with van der Waals surface area (Å²) in [5.41, 5.74) is 6.73. The summed E-state index contributed by atoms with van der Waals surface area (Å²) < 4.78 is 0. The Morgan fingerprint density at radius 2 is 2.00 bits per heavy atom. The molecule has 1 saturated carbocycles. The van der Waals surface area contributed by atoms with Gasteiger partial charge in [-0.15, -0.1) is 0 Å². The Bertz CT molecular complexity index is 398. The molecule has 0 heterocycles. The highest BCUT2D eigenvalue weighted by Gasteiger charge is 2.44. The molecule has 0 atom stereocenters. The lowest BCUT2D eigenvalue weighted by Gasteiger charge is -2.16. The Hall–Kier alpha value is -1.06. The van der Waals surface area contributed by atoms with Gasteiger partial charge in [0.1, 0.15) is 0 Å². The van der Waals surface area contributed by atoms with Crippen molar-refractivity contribution in [2.45, 2.75) is 24.7 Å². The molecule has 2 rings (SSSR count). The van der Waals surface area contributed by atoms with Crippen LogP contribution in [0.15, 0.2) is 24.3 Å². The lowest BCUT2D eigenvalue weighted by Crippen LogP contribution is -2.33. The number of carbonyl (C=O) groups excluding carboxylic acids is 1. The maximum absolute atomic E-state index is 11.4. The van der Waals surface area contributed by atoms with Crippen LogP contribution in [-0.2, 0) is 10.2 Å². The molecule has 0 unspecified atom stereocenters. The zero-order valence-electron chi connectivity index (χ0n) is 9.71. The van der Waals surface area contributed by atoms with Gasteiger partial charge in [0.15, 0.2) is 0 Å². The van der Waals surface area contributed by atoms with Crippen LogP contribution in [0.2, 0.25) is 5.02 Å². The molecule has 0 bridgehead atoms. The summed E-state index contributed by atoms with van der Waals surface area (Å²) in [6.45, 7) is 1.10. The largest absolute Gasteiger partial charge is 0.355 e. The van der Waals surface area contributed by atoms with Gasteiger partial charge in [-0.05, 0) is 30.5 Å². The summed E-state index contributed by atoms with van der Waals surface area (Å²) in [6, 6.07) is 7.90. The van der Waals surface area contributed by atoms with Crippen LogP contribution in [0.5, 0.6) is 0 Å². The van der Waals surface area contributed by atoms with Gasteiger partial charge in [-0.3, -0.25) is 4.79 Å². The predicted octanol–water partition coefficient (Wildman–Crippen LogP) is 1.84. The molecule has 4 heteroatoms. The number of benzene rings is 1. The number of amides is 1. The Kier molecular flexibility index (Phi) is 3.69. The number of carbonyl (C=O) groups is 1. The number of hydrogen-bond donors (Lipinski definition) is 2. The van der Waals surface area contributed by atoms with Crippen LogP contribution in [0.1, 0.15) is 24.8 Å². The second-order valence-corrected chi connectivity index (χ2v) is 5.04. The van der Waals surface area contributed by atoms with E-state index in [0.29, 0.717) is 19.5 Å². The molecule has 1 aromatic rings. The van der Waals surface area contributed by atoms with E-state index in [2.05, 4.69) is 5.32 Å². The number of halogens is 1. The van der Waals surface area contributed by atoms with Gasteiger partial charge in [0.05, 0.1) is 0 Å². The maximum atomic E-state index is 11.4. The van der Waals surface area contributed by atoms with E-state index in [-0.39, 0.29) is 11.3 Å². The zero-order chi connectivity index (χ0) is 12.3. The van der Waals surface area contributed by atoms with Crippen LogP contribution in [0, 0.1) is 0 Å². The first-order valence-electron chi connectivity index (χ1n) is 5.89. The van der Waals surface area contributed by atoms with Crippen molar-refractivity contribution in [3.8, 4) is 0 Å². The molecule has 0 aliphatic heterocycles. The third-order valence-electron chi connectivity index (χ3n) is 3.31. The summed E-state index contributed by atoms with van der Waals surface area (Å²) >= 11 is 5.87. The van der Waals surface area contributed by atoms with Crippen molar-refractivity contribution in [1.29, 1.82) is 0 Å². The van der Waals surface area contributed by atoms with E-state index >= 15 is 0 Å². The molecule has 92 valence electrons. The Morgan fingerprint density at radius 1 is 1.35 bits per heavy atom. The second kappa shape index (κ2) is 5.07. The second-order valence-electron chi connectivity index (χ2n) is 4.60. The van der Waals surface area contributed by atoms with Crippen LogP contribution < -0.4 is 11.1 Å². The van der Waals surface area contributed by atoms with Crippen molar-refractivity contribution in [2.75, 3.05) is 13.1 Å². The minimum atomic E-state index is 0.0349. The molecule has 1 amide bonds. The summed E-state index contributed by atoms with van der Waals surface area (Å²) in [4.78, 5) is 11.4. The van der Waals surface area contributed by atoms with Crippen LogP contribution in [0.25, 0.3) is 0 Å². The number of nitrogens with one attached hydrogen (secondary N) is 1. The zero-order valence-corrected chi connectivity index (χ0v) is 10.5. The standard InChI is InChI=1S/C13H17ClN2O/c14-11-3-1-10(2-4-11)13(6-7-13)9-16-12(17)5-8-15/h1-4H,5-9,15H2,(H,16,17). The SMILES string of the molecule is NCCC(=O)NCC1(c2ccc(Cl)cc2)CC1. The third kappa shape index (κ3) is 2.99. The summed E-state index contributed by atoms with van der Waals surface area (Å²) in [5.74, 6) is 0.0349. The number of rotatable bonds is 5. The van der Waals surface area contributed by atoms with Crippen LogP contribution in [0.4, 0.5) is 0 Å². The summed E-state index contributed by atoms with van der Waals surface area (Å²) in [6.07, 6.45) is 2.64. The van der Waals surface area contributed by atoms with Crippen molar-refractivity contribution < 1.29 is 4.79 Å².